The smallest absolute Gasteiger partial charge is 0.193 e. The van der Waals surface area contributed by atoms with Gasteiger partial charge >= 0.3 is 0 Å². The molecule has 2 aliphatic rings. The summed E-state index contributed by atoms with van der Waals surface area (Å²) in [6.07, 6.45) is 4.73. The van der Waals surface area contributed by atoms with E-state index < -0.39 is 0 Å². The molecule has 7 nitrogen and oxygen atoms in total. The summed E-state index contributed by atoms with van der Waals surface area (Å²) >= 11 is 0. The van der Waals surface area contributed by atoms with Crippen LogP contribution in [0.1, 0.15) is 51.8 Å². The molecule has 0 bridgehead atoms. The van der Waals surface area contributed by atoms with Gasteiger partial charge in [-0.2, -0.15) is 5.10 Å². The van der Waals surface area contributed by atoms with Crippen LogP contribution in [0, 0.1) is 5.41 Å². The van der Waals surface area contributed by atoms with E-state index in [0.29, 0.717) is 12.0 Å². The first-order valence-corrected chi connectivity index (χ1v) is 8.80. The lowest BCUT2D eigenvalue weighted by Crippen LogP contribution is -2.69. The molecule has 1 aliphatic heterocycles. The highest BCUT2D eigenvalue weighted by Crippen LogP contribution is 2.51. The van der Waals surface area contributed by atoms with E-state index in [2.05, 4.69) is 51.2 Å². The lowest BCUT2D eigenvalue weighted by Gasteiger charge is -2.59. The Hall–Kier alpha value is -1.63. The molecule has 3 rings (SSSR count). The number of likely N-dealkylation sites (tertiary alicyclic amines) is 1. The first kappa shape index (κ1) is 17.2. The molecule has 2 N–H and O–H groups in total. The van der Waals surface area contributed by atoms with Crippen LogP contribution in [0.15, 0.2) is 11.3 Å². The Bertz CT molecular complexity index is 576. The fraction of sp³-hybridized carbons (Fsp3) is 0.824. The number of hydrogen-bond acceptors (Lipinski definition) is 4. The molecule has 1 saturated carbocycles. The van der Waals surface area contributed by atoms with E-state index in [1.54, 1.807) is 13.4 Å². The van der Waals surface area contributed by atoms with Crippen molar-refractivity contribution in [2.24, 2.45) is 10.4 Å². The maximum Gasteiger partial charge on any atom is 0.193 e. The van der Waals surface area contributed by atoms with E-state index in [-0.39, 0.29) is 11.0 Å². The molecule has 0 radical (unpaired) electrons. The number of piperidine rings is 1. The van der Waals surface area contributed by atoms with E-state index in [1.165, 1.54) is 0 Å². The quantitative estimate of drug-likeness (QED) is 0.650. The summed E-state index contributed by atoms with van der Waals surface area (Å²) in [5.74, 6) is 2.48. The fourth-order valence-corrected chi connectivity index (χ4v) is 3.95. The Balaban J connectivity index is 1.57. The molecule has 1 saturated heterocycles. The zero-order valence-electron chi connectivity index (χ0n) is 15.5. The molecule has 134 valence electrons. The van der Waals surface area contributed by atoms with Crippen molar-refractivity contribution in [2.45, 2.75) is 57.6 Å². The predicted molar refractivity (Wildman–Crippen MR) is 94.0 cm³/mol. The molecule has 2 fully saturated rings. The number of guanidine groups is 1. The molecule has 0 amide bonds. The van der Waals surface area contributed by atoms with Gasteiger partial charge in [0, 0.05) is 44.6 Å². The van der Waals surface area contributed by atoms with Crippen LogP contribution in [0.3, 0.4) is 0 Å². The summed E-state index contributed by atoms with van der Waals surface area (Å²) in [5, 5.41) is 10.6. The summed E-state index contributed by atoms with van der Waals surface area (Å²) in [7, 11) is 3.67. The van der Waals surface area contributed by atoms with Crippen molar-refractivity contribution in [3.8, 4) is 0 Å². The molecule has 1 aromatic rings. The molecular weight excluding hydrogens is 304 g/mol. The Morgan fingerprint density at radius 2 is 2.08 bits per heavy atom. The second-order valence-electron chi connectivity index (χ2n) is 7.74. The molecule has 1 aliphatic carbocycles. The van der Waals surface area contributed by atoms with Gasteiger partial charge < -0.3 is 15.0 Å². The van der Waals surface area contributed by atoms with Crippen LogP contribution in [0.25, 0.3) is 0 Å². The number of nitrogens with one attached hydrogen (secondary N) is 2. The van der Waals surface area contributed by atoms with Crippen molar-refractivity contribution in [3.63, 3.8) is 0 Å². The Kier molecular flexibility index (Phi) is 4.55. The summed E-state index contributed by atoms with van der Waals surface area (Å²) in [4.78, 5) is 11.2. The van der Waals surface area contributed by atoms with E-state index in [1.807, 2.05) is 7.05 Å². The van der Waals surface area contributed by atoms with E-state index in [0.717, 1.165) is 44.1 Å². The topological polar surface area (TPSA) is 78.4 Å². The lowest BCUT2D eigenvalue weighted by atomic mass is 9.56. The Morgan fingerprint density at radius 1 is 1.38 bits per heavy atom. The van der Waals surface area contributed by atoms with Gasteiger partial charge in [-0.15, -0.1) is 0 Å². The second kappa shape index (κ2) is 6.35. The molecule has 0 aromatic carbocycles. The Morgan fingerprint density at radius 3 is 2.58 bits per heavy atom. The average molecular weight is 334 g/mol. The Labute approximate surface area is 144 Å². The first-order valence-electron chi connectivity index (χ1n) is 8.80. The van der Waals surface area contributed by atoms with Crippen LogP contribution >= 0.6 is 0 Å². The van der Waals surface area contributed by atoms with Gasteiger partial charge in [0.2, 0.25) is 0 Å². The minimum absolute atomic E-state index is 0.0667. The molecule has 2 heterocycles. The average Bonchev–Trinajstić information content (AvgIpc) is 3.13. The van der Waals surface area contributed by atoms with E-state index in [9.17, 15) is 0 Å². The van der Waals surface area contributed by atoms with Crippen molar-refractivity contribution in [2.75, 3.05) is 27.2 Å². The third kappa shape index (κ3) is 2.79. The van der Waals surface area contributed by atoms with Crippen molar-refractivity contribution in [3.05, 3.63) is 12.2 Å². The summed E-state index contributed by atoms with van der Waals surface area (Å²) in [5.41, 5.74) is 0.0125. The van der Waals surface area contributed by atoms with Crippen LogP contribution in [0.5, 0.6) is 0 Å². The summed E-state index contributed by atoms with van der Waals surface area (Å²) < 4.78 is 5.73. The largest absolute Gasteiger partial charge is 0.378 e. The zero-order chi connectivity index (χ0) is 17.4. The van der Waals surface area contributed by atoms with Crippen LogP contribution < -0.4 is 5.32 Å². The van der Waals surface area contributed by atoms with Crippen molar-refractivity contribution in [1.82, 2.24) is 25.4 Å². The molecule has 1 aromatic heterocycles. The number of hydrogen-bond donors (Lipinski definition) is 2. The van der Waals surface area contributed by atoms with E-state index >= 15 is 0 Å². The highest BCUT2D eigenvalue weighted by molar-refractivity contribution is 5.80. The zero-order valence-corrected chi connectivity index (χ0v) is 15.5. The van der Waals surface area contributed by atoms with Gasteiger partial charge in [0.15, 0.2) is 5.96 Å². The minimum atomic E-state index is -0.0667. The molecule has 24 heavy (non-hydrogen) atoms. The van der Waals surface area contributed by atoms with Gasteiger partial charge in [-0.3, -0.25) is 10.1 Å². The predicted octanol–water partition coefficient (Wildman–Crippen LogP) is 1.76. The third-order valence-electron chi connectivity index (χ3n) is 6.41. The number of aromatic nitrogens is 3. The second-order valence-corrected chi connectivity index (χ2v) is 7.74. The van der Waals surface area contributed by atoms with Crippen molar-refractivity contribution >= 4 is 5.96 Å². The molecule has 7 heteroatoms. The number of aliphatic imine (C=N–C) groups is 1. The van der Waals surface area contributed by atoms with Gasteiger partial charge in [0.05, 0.1) is 5.60 Å². The molecule has 0 spiro atoms. The monoisotopic (exact) mass is 334 g/mol. The summed E-state index contributed by atoms with van der Waals surface area (Å²) in [6, 6.07) is 0.383. The van der Waals surface area contributed by atoms with Gasteiger partial charge in [0.25, 0.3) is 0 Å². The number of H-pyrrole nitrogens is 1. The van der Waals surface area contributed by atoms with Crippen LogP contribution in [0.4, 0.5) is 0 Å². The highest BCUT2D eigenvalue weighted by atomic mass is 16.5. The van der Waals surface area contributed by atoms with Crippen LogP contribution in [-0.2, 0) is 4.74 Å². The van der Waals surface area contributed by atoms with Gasteiger partial charge in [-0.1, -0.05) is 13.8 Å². The standard InChI is InChI=1S/C17H30N6O/c1-16(2)13(10-17(16,3)24-5)21-15(18-4)23-8-6-12(7-9-23)14-19-11-20-22-14/h11-13H,6-10H2,1-5H3,(H,18,21)(H,19,20,22). The summed E-state index contributed by atoms with van der Waals surface area (Å²) in [6.45, 7) is 8.69. The number of rotatable bonds is 3. The maximum absolute atomic E-state index is 5.73. The number of methoxy groups -OCH3 is 1. The number of ether oxygens (including phenoxy) is 1. The van der Waals surface area contributed by atoms with Gasteiger partial charge in [-0.25, -0.2) is 4.98 Å². The van der Waals surface area contributed by atoms with Crippen LogP contribution in [0.2, 0.25) is 0 Å². The number of nitrogens with zero attached hydrogens (tertiary/aromatic N) is 4. The van der Waals surface area contributed by atoms with Crippen molar-refractivity contribution in [1.29, 1.82) is 0 Å². The van der Waals surface area contributed by atoms with Gasteiger partial charge in [0.1, 0.15) is 12.2 Å². The molecule has 2 atom stereocenters. The van der Waals surface area contributed by atoms with Gasteiger partial charge in [-0.05, 0) is 26.2 Å². The SMILES string of the molecule is CN=C(NC1CC(C)(OC)C1(C)C)N1CCC(c2ncn[nH]2)CC1. The maximum atomic E-state index is 5.73. The third-order valence-corrected chi connectivity index (χ3v) is 6.41. The highest BCUT2D eigenvalue weighted by Gasteiger charge is 2.58. The lowest BCUT2D eigenvalue weighted by molar-refractivity contribution is -0.177. The minimum Gasteiger partial charge on any atom is -0.378 e. The first-order chi connectivity index (χ1) is 11.4. The molecular formula is C17H30N6O. The number of aromatic amines is 1. The normalized spacial score (nSPS) is 31.0. The fourth-order valence-electron chi connectivity index (χ4n) is 3.95. The van der Waals surface area contributed by atoms with Crippen LogP contribution in [-0.4, -0.2) is 64.9 Å². The molecule has 2 unspecified atom stereocenters. The van der Waals surface area contributed by atoms with E-state index in [4.69, 9.17) is 4.74 Å². The van der Waals surface area contributed by atoms with Crippen molar-refractivity contribution < 1.29 is 4.74 Å².